The van der Waals surface area contributed by atoms with Crippen molar-refractivity contribution in [3.05, 3.63) is 25.7 Å². The lowest BCUT2D eigenvalue weighted by atomic mass is 11.1. The molecule has 0 bridgehead atoms. The molecule has 0 saturated carbocycles. The SMILES string of the molecule is BrC(Br)(Br)Br.C=COC=C. The van der Waals surface area contributed by atoms with Gasteiger partial charge in [-0.05, 0) is 63.7 Å². The molecule has 0 amide bonds. The molecule has 0 spiro atoms. The Morgan fingerprint density at radius 3 is 1.20 bits per heavy atom. The zero-order valence-electron chi connectivity index (χ0n) is 4.99. The van der Waals surface area contributed by atoms with Crippen molar-refractivity contribution in [1.82, 2.24) is 0 Å². The Morgan fingerprint density at radius 2 is 1.20 bits per heavy atom. The maximum Gasteiger partial charge on any atom is 0.189 e. The van der Waals surface area contributed by atoms with Crippen LogP contribution in [0, 0.1) is 0 Å². The molecule has 0 aliphatic rings. The Hall–Kier alpha value is 1.20. The van der Waals surface area contributed by atoms with E-state index >= 15 is 0 Å². The van der Waals surface area contributed by atoms with Crippen molar-refractivity contribution in [3.63, 3.8) is 0 Å². The van der Waals surface area contributed by atoms with E-state index in [0.29, 0.717) is 0 Å². The van der Waals surface area contributed by atoms with E-state index in [1.807, 2.05) is 0 Å². The molecule has 0 saturated heterocycles. The molecule has 0 aliphatic carbocycles. The summed E-state index contributed by atoms with van der Waals surface area (Å²) in [5.41, 5.74) is 0. The maximum absolute atomic E-state index is 4.36. The predicted octanol–water partition coefficient (Wildman–Crippen LogP) is 4.47. The fraction of sp³-hybridized carbons (Fsp3) is 0.200. The number of rotatable bonds is 2. The lowest BCUT2D eigenvalue weighted by molar-refractivity contribution is 0.406. The van der Waals surface area contributed by atoms with Crippen LogP contribution in [0.15, 0.2) is 25.7 Å². The minimum atomic E-state index is -0.250. The quantitative estimate of drug-likeness (QED) is 0.490. The highest BCUT2D eigenvalue weighted by Gasteiger charge is 2.08. The summed E-state index contributed by atoms with van der Waals surface area (Å²) in [7, 11) is 0. The number of halogens is 4. The first kappa shape index (κ1) is 13.8. The topological polar surface area (TPSA) is 9.23 Å². The Balaban J connectivity index is 0. The minimum Gasteiger partial charge on any atom is -0.474 e. The van der Waals surface area contributed by atoms with Gasteiger partial charge >= 0.3 is 0 Å². The first-order valence-corrected chi connectivity index (χ1v) is 5.22. The molecule has 0 aromatic carbocycles. The molecule has 60 valence electrons. The van der Waals surface area contributed by atoms with Crippen LogP contribution >= 0.6 is 63.7 Å². The molecule has 0 atom stereocenters. The molecule has 0 radical (unpaired) electrons. The van der Waals surface area contributed by atoms with Crippen LogP contribution in [0.5, 0.6) is 0 Å². The Morgan fingerprint density at radius 1 is 1.00 bits per heavy atom. The Kier molecular flexibility index (Phi) is 11.4. The van der Waals surface area contributed by atoms with E-state index in [9.17, 15) is 0 Å². The Labute approximate surface area is 94.4 Å². The van der Waals surface area contributed by atoms with Crippen LogP contribution in [0.4, 0.5) is 0 Å². The second-order valence-electron chi connectivity index (χ2n) is 0.898. The highest BCUT2D eigenvalue weighted by molar-refractivity contribution is 9.52. The zero-order valence-corrected chi connectivity index (χ0v) is 11.3. The van der Waals surface area contributed by atoms with Crippen molar-refractivity contribution in [2.45, 2.75) is 1.05 Å². The first-order chi connectivity index (χ1) is 4.41. The fourth-order valence-corrected chi connectivity index (χ4v) is 0.0680. The van der Waals surface area contributed by atoms with Gasteiger partial charge in [0.2, 0.25) is 0 Å². The smallest absolute Gasteiger partial charge is 0.189 e. The molecule has 0 unspecified atom stereocenters. The summed E-state index contributed by atoms with van der Waals surface area (Å²) in [5.74, 6) is 0. The lowest BCUT2D eigenvalue weighted by Gasteiger charge is -1.93. The van der Waals surface area contributed by atoms with E-state index in [1.54, 1.807) is 0 Å². The minimum absolute atomic E-state index is 0.250. The molecular weight excluding hydrogens is 396 g/mol. The molecule has 1 nitrogen and oxygen atoms in total. The largest absolute Gasteiger partial charge is 0.474 e. The molecule has 0 rings (SSSR count). The molecule has 0 aromatic rings. The third-order valence-corrected chi connectivity index (χ3v) is 0.192. The Bertz CT molecular complexity index is 84.3. The summed E-state index contributed by atoms with van der Waals surface area (Å²) in [6.45, 7) is 6.51. The first-order valence-electron chi connectivity index (χ1n) is 2.04. The molecule has 0 heterocycles. The third-order valence-electron chi connectivity index (χ3n) is 0.192. The van der Waals surface area contributed by atoms with E-state index in [0.717, 1.165) is 0 Å². The van der Waals surface area contributed by atoms with Crippen LogP contribution in [0.2, 0.25) is 0 Å². The van der Waals surface area contributed by atoms with Crippen LogP contribution in [-0.4, -0.2) is 1.05 Å². The molecule has 0 N–H and O–H groups in total. The number of hydrogen-bond donors (Lipinski definition) is 0. The van der Waals surface area contributed by atoms with Crippen LogP contribution in [-0.2, 0) is 4.74 Å². The van der Waals surface area contributed by atoms with Gasteiger partial charge in [-0.3, -0.25) is 0 Å². The van der Waals surface area contributed by atoms with Crippen molar-refractivity contribution in [3.8, 4) is 0 Å². The van der Waals surface area contributed by atoms with Gasteiger partial charge in [-0.1, -0.05) is 13.2 Å². The summed E-state index contributed by atoms with van der Waals surface area (Å²) in [5, 5.41) is 0. The van der Waals surface area contributed by atoms with E-state index in [1.165, 1.54) is 12.5 Å². The summed E-state index contributed by atoms with van der Waals surface area (Å²) < 4.78 is 4.11. The van der Waals surface area contributed by atoms with Gasteiger partial charge in [-0.2, -0.15) is 0 Å². The highest BCUT2D eigenvalue weighted by atomic mass is 80.0. The standard InChI is InChI=1S/C4H6O.CBr4/c1-3-5-4-2;2-1(3,4)5/h3-4H,1-2H2;. The molecule has 0 aromatic heterocycles. The second kappa shape index (κ2) is 8.30. The number of hydrogen-bond acceptors (Lipinski definition) is 1. The summed E-state index contributed by atoms with van der Waals surface area (Å²) in [4.78, 5) is 0. The highest BCUT2D eigenvalue weighted by Crippen LogP contribution is 2.39. The average molecular weight is 402 g/mol. The van der Waals surface area contributed by atoms with Gasteiger partial charge in [0.25, 0.3) is 0 Å². The predicted molar refractivity (Wildman–Crippen MR) is 59.9 cm³/mol. The number of ether oxygens (including phenoxy) is 1. The van der Waals surface area contributed by atoms with Crippen molar-refractivity contribution in [2.75, 3.05) is 0 Å². The van der Waals surface area contributed by atoms with Gasteiger partial charge < -0.3 is 4.74 Å². The second-order valence-corrected chi connectivity index (χ2v) is 12.0. The van der Waals surface area contributed by atoms with Crippen LogP contribution < -0.4 is 0 Å². The van der Waals surface area contributed by atoms with Crippen molar-refractivity contribution < 1.29 is 4.74 Å². The van der Waals surface area contributed by atoms with E-state index in [-0.39, 0.29) is 1.05 Å². The van der Waals surface area contributed by atoms with Gasteiger partial charge in [0.05, 0.1) is 12.5 Å². The van der Waals surface area contributed by atoms with Crippen LogP contribution in [0.25, 0.3) is 0 Å². The van der Waals surface area contributed by atoms with E-state index < -0.39 is 0 Å². The van der Waals surface area contributed by atoms with Gasteiger partial charge in [0.15, 0.2) is 1.05 Å². The number of alkyl halides is 4. The fourth-order valence-electron chi connectivity index (χ4n) is 0.0680. The molecule has 0 fully saturated rings. The lowest BCUT2D eigenvalue weighted by Crippen LogP contribution is -1.75. The summed E-state index contributed by atoms with van der Waals surface area (Å²) in [6, 6.07) is 0. The van der Waals surface area contributed by atoms with Crippen LogP contribution in [0.3, 0.4) is 0 Å². The van der Waals surface area contributed by atoms with Crippen LogP contribution in [0.1, 0.15) is 0 Å². The van der Waals surface area contributed by atoms with Crippen molar-refractivity contribution in [2.24, 2.45) is 0 Å². The third kappa shape index (κ3) is 60.4. The summed E-state index contributed by atoms with van der Waals surface area (Å²) in [6.07, 6.45) is 2.62. The van der Waals surface area contributed by atoms with Gasteiger partial charge in [-0.15, -0.1) is 0 Å². The van der Waals surface area contributed by atoms with E-state index in [4.69, 9.17) is 0 Å². The monoisotopic (exact) mass is 398 g/mol. The molecule has 5 heteroatoms. The zero-order chi connectivity index (χ0) is 8.62. The average Bonchev–Trinajstić information content (AvgIpc) is 1.63. The van der Waals surface area contributed by atoms with Gasteiger partial charge in [0, 0.05) is 0 Å². The van der Waals surface area contributed by atoms with Gasteiger partial charge in [-0.25, -0.2) is 0 Å². The summed E-state index contributed by atoms with van der Waals surface area (Å²) >= 11 is 12.5. The normalized spacial score (nSPS) is 8.80. The van der Waals surface area contributed by atoms with E-state index in [2.05, 4.69) is 81.6 Å². The molecule has 0 aliphatic heterocycles. The van der Waals surface area contributed by atoms with Crippen molar-refractivity contribution in [1.29, 1.82) is 0 Å². The maximum atomic E-state index is 4.36. The van der Waals surface area contributed by atoms with Gasteiger partial charge in [0.1, 0.15) is 0 Å². The molecule has 10 heavy (non-hydrogen) atoms. The van der Waals surface area contributed by atoms with Crippen molar-refractivity contribution >= 4 is 63.7 Å². The molecular formula is C5H6Br4O.